The molecule has 1 amide bonds. The van der Waals surface area contributed by atoms with E-state index in [0.29, 0.717) is 29.2 Å². The van der Waals surface area contributed by atoms with Gasteiger partial charge in [-0.05, 0) is 60.2 Å². The molecule has 0 aliphatic carbocycles. The van der Waals surface area contributed by atoms with Gasteiger partial charge in [-0.3, -0.25) is 18.4 Å². The van der Waals surface area contributed by atoms with E-state index in [1.807, 2.05) is 27.7 Å². The first-order valence-electron chi connectivity index (χ1n) is 16.1. The van der Waals surface area contributed by atoms with E-state index in [0.717, 1.165) is 12.8 Å². The maximum Gasteiger partial charge on any atom is 0.510 e. The van der Waals surface area contributed by atoms with E-state index in [4.69, 9.17) is 32.7 Å². The number of amides is 1. The number of rotatable bonds is 22. The van der Waals surface area contributed by atoms with Crippen LogP contribution in [0.4, 0.5) is 15.3 Å². The molecule has 0 aliphatic rings. The highest BCUT2D eigenvalue weighted by Gasteiger charge is 2.28. The second kappa shape index (κ2) is 22.1. The molecule has 262 valence electrons. The number of hydrogen-bond donors (Lipinski definition) is 1. The molecule has 12 nitrogen and oxygen atoms in total. The highest BCUT2D eigenvalue weighted by atomic mass is 31.2. The van der Waals surface area contributed by atoms with Crippen LogP contribution in [0.2, 0.25) is 0 Å². The molecule has 47 heavy (non-hydrogen) atoms. The van der Waals surface area contributed by atoms with Gasteiger partial charge in [-0.2, -0.15) is 0 Å². The Labute approximate surface area is 278 Å². The van der Waals surface area contributed by atoms with Crippen molar-refractivity contribution < 1.29 is 51.7 Å². The molecule has 0 atom stereocenters. The van der Waals surface area contributed by atoms with E-state index in [1.165, 1.54) is 25.7 Å². The van der Waals surface area contributed by atoms with Crippen molar-refractivity contribution in [1.29, 1.82) is 0 Å². The summed E-state index contributed by atoms with van der Waals surface area (Å²) in [4.78, 5) is 36.6. The van der Waals surface area contributed by atoms with E-state index in [-0.39, 0.29) is 37.1 Å². The Morgan fingerprint density at radius 1 is 0.745 bits per heavy atom. The molecule has 0 aromatic heterocycles. The number of unbranched alkanes of at least 4 members (excludes halogenated alkanes) is 5. The average molecular weight is 680 g/mol. The first-order chi connectivity index (χ1) is 22.5. The van der Waals surface area contributed by atoms with Gasteiger partial charge in [0.2, 0.25) is 13.6 Å². The average Bonchev–Trinajstić information content (AvgIpc) is 3.02. The Morgan fingerprint density at radius 3 is 1.89 bits per heavy atom. The van der Waals surface area contributed by atoms with Gasteiger partial charge in [0.1, 0.15) is 5.75 Å². The highest BCUT2D eigenvalue weighted by Crippen LogP contribution is 2.51. The Kier molecular flexibility index (Phi) is 18.6. The van der Waals surface area contributed by atoms with E-state index < -0.39 is 33.5 Å². The lowest BCUT2D eigenvalue weighted by molar-refractivity contribution is -0.0244. The van der Waals surface area contributed by atoms with Crippen molar-refractivity contribution in [2.24, 2.45) is 11.8 Å². The fraction of sp³-hybridized carbons (Fsp3) is 0.559. The summed E-state index contributed by atoms with van der Waals surface area (Å²) in [5, 5.41) is 2.82. The Balaban J connectivity index is 1.97. The molecule has 0 saturated carbocycles. The molecule has 2 aromatic rings. The maximum absolute atomic E-state index is 13.6. The lowest BCUT2D eigenvalue weighted by Gasteiger charge is -2.19. The summed E-state index contributed by atoms with van der Waals surface area (Å²) >= 11 is 0. The normalized spacial score (nSPS) is 11.3. The van der Waals surface area contributed by atoms with Crippen molar-refractivity contribution in [3.63, 3.8) is 0 Å². The van der Waals surface area contributed by atoms with Crippen LogP contribution in [0.5, 0.6) is 5.75 Å². The van der Waals surface area contributed by atoms with Gasteiger partial charge >= 0.3 is 19.9 Å². The van der Waals surface area contributed by atoms with Crippen LogP contribution in [0.15, 0.2) is 48.5 Å². The van der Waals surface area contributed by atoms with E-state index in [2.05, 4.69) is 12.2 Å². The minimum Gasteiger partial charge on any atom is -0.494 e. The summed E-state index contributed by atoms with van der Waals surface area (Å²) in [5.41, 5.74) is 1.33. The van der Waals surface area contributed by atoms with Crippen LogP contribution in [-0.4, -0.2) is 51.6 Å². The van der Waals surface area contributed by atoms with E-state index >= 15 is 0 Å². The third kappa shape index (κ3) is 17.8. The van der Waals surface area contributed by atoms with Crippen LogP contribution in [0, 0.1) is 11.8 Å². The molecule has 0 unspecified atom stereocenters. The minimum absolute atomic E-state index is 0.0892. The van der Waals surface area contributed by atoms with Gasteiger partial charge < -0.3 is 29.0 Å². The zero-order chi connectivity index (χ0) is 34.5. The van der Waals surface area contributed by atoms with Gasteiger partial charge in [-0.1, -0.05) is 78.9 Å². The molecule has 0 radical (unpaired) electrons. The number of carbonyl (C=O) groups excluding carboxylic acids is 3. The molecule has 0 heterocycles. The topological polar surface area (TPSA) is 145 Å². The quantitative estimate of drug-likeness (QED) is 0.0551. The minimum atomic E-state index is -4.06. The maximum atomic E-state index is 13.6. The molecular weight excluding hydrogens is 629 g/mol. The first-order valence-corrected chi connectivity index (χ1v) is 17.8. The lowest BCUT2D eigenvalue weighted by Crippen LogP contribution is -2.15. The van der Waals surface area contributed by atoms with Crippen molar-refractivity contribution >= 4 is 31.5 Å². The smallest absolute Gasteiger partial charge is 0.494 e. The fourth-order valence-electron chi connectivity index (χ4n) is 3.94. The second-order valence-electron chi connectivity index (χ2n) is 11.8. The van der Waals surface area contributed by atoms with Crippen LogP contribution in [0.1, 0.15) is 89.1 Å². The lowest BCUT2D eigenvalue weighted by atomic mass is 10.1. The van der Waals surface area contributed by atoms with Gasteiger partial charge in [0.25, 0.3) is 5.91 Å². The molecule has 0 fully saturated rings. The summed E-state index contributed by atoms with van der Waals surface area (Å²) in [5.74, 6) is 0.529. The van der Waals surface area contributed by atoms with Gasteiger partial charge in [0, 0.05) is 11.3 Å². The van der Waals surface area contributed by atoms with E-state index in [9.17, 15) is 18.9 Å². The largest absolute Gasteiger partial charge is 0.510 e. The fourth-order valence-corrected chi connectivity index (χ4v) is 5.27. The molecule has 1 N–H and O–H groups in total. The molecular formula is C34H50NO11P. The number of hydrogen-bond acceptors (Lipinski definition) is 11. The second-order valence-corrected chi connectivity index (χ2v) is 13.8. The van der Waals surface area contributed by atoms with Crippen LogP contribution < -0.4 is 10.1 Å². The standard InChI is InChI=1S/C34H50NO11P/c1-6-7-8-9-10-11-19-40-31-17-15-29(16-18-31)32(36)35-30-14-12-13-28(20-30)23-47(39,45-24-43-33(37)41-21-26(2)3)46-25-44-34(38)42-22-27(4)5/h12-18,20,26-27H,6-11,19,21-25H2,1-5H3,(H,35,36). The van der Waals surface area contributed by atoms with Crippen LogP contribution in [0.3, 0.4) is 0 Å². The van der Waals surface area contributed by atoms with Gasteiger partial charge in [0.05, 0.1) is 26.0 Å². The number of ether oxygens (including phenoxy) is 5. The van der Waals surface area contributed by atoms with Crippen LogP contribution in [-0.2, 0) is 38.7 Å². The molecule has 0 saturated heterocycles. The zero-order valence-corrected chi connectivity index (χ0v) is 29.1. The summed E-state index contributed by atoms with van der Waals surface area (Å²) in [6.45, 7) is 9.06. The third-order valence-corrected chi connectivity index (χ3v) is 8.12. The predicted molar refractivity (Wildman–Crippen MR) is 177 cm³/mol. The Bertz CT molecular complexity index is 1230. The van der Waals surface area contributed by atoms with Crippen molar-refractivity contribution in [1.82, 2.24) is 0 Å². The molecule has 2 aromatic carbocycles. The SMILES string of the molecule is CCCCCCCCOc1ccc(C(=O)Nc2cccc(CP(=O)(OCOC(=O)OCC(C)C)OCOC(=O)OCC(C)C)c2)cc1. The molecule has 13 heteroatoms. The van der Waals surface area contributed by atoms with Crippen molar-refractivity contribution in [2.75, 3.05) is 38.7 Å². The summed E-state index contributed by atoms with van der Waals surface area (Å²) in [6, 6.07) is 13.5. The van der Waals surface area contributed by atoms with Gasteiger partial charge in [-0.25, -0.2) is 9.59 Å². The highest BCUT2D eigenvalue weighted by molar-refractivity contribution is 7.53. The predicted octanol–water partition coefficient (Wildman–Crippen LogP) is 8.94. The number of anilines is 1. The Morgan fingerprint density at radius 2 is 1.32 bits per heavy atom. The molecule has 0 spiro atoms. The summed E-state index contributed by atoms with van der Waals surface area (Å²) < 4.78 is 49.6. The van der Waals surface area contributed by atoms with E-state index in [1.54, 1.807) is 48.5 Å². The van der Waals surface area contributed by atoms with Crippen LogP contribution >= 0.6 is 7.60 Å². The first kappa shape index (κ1) is 39.6. The number of carbonyl (C=O) groups is 3. The van der Waals surface area contributed by atoms with Crippen molar-refractivity contribution in [3.8, 4) is 5.75 Å². The molecule has 0 bridgehead atoms. The van der Waals surface area contributed by atoms with Gasteiger partial charge in [-0.15, -0.1) is 0 Å². The Hall–Kier alpha value is -3.60. The summed E-state index contributed by atoms with van der Waals surface area (Å²) in [6.07, 6.45) is 4.77. The monoisotopic (exact) mass is 679 g/mol. The molecule has 2 rings (SSSR count). The summed E-state index contributed by atoms with van der Waals surface area (Å²) in [7, 11) is -4.06. The molecule has 0 aliphatic heterocycles. The van der Waals surface area contributed by atoms with Crippen LogP contribution in [0.25, 0.3) is 0 Å². The number of nitrogens with one attached hydrogen (secondary N) is 1. The number of benzene rings is 2. The van der Waals surface area contributed by atoms with Crippen molar-refractivity contribution in [2.45, 2.75) is 79.3 Å². The van der Waals surface area contributed by atoms with Gasteiger partial charge in [0.15, 0.2) is 0 Å². The third-order valence-electron chi connectivity index (χ3n) is 6.37. The zero-order valence-electron chi connectivity index (χ0n) is 28.2. The van der Waals surface area contributed by atoms with Crippen molar-refractivity contribution in [3.05, 3.63) is 59.7 Å².